The van der Waals surface area contributed by atoms with E-state index < -0.39 is 0 Å². The summed E-state index contributed by atoms with van der Waals surface area (Å²) < 4.78 is 7.92. The number of hydrogen-bond donors (Lipinski definition) is 1. The molecule has 37 heavy (non-hydrogen) atoms. The number of allylic oxidation sites excluding steroid dienone is 3. The third-order valence-corrected chi connectivity index (χ3v) is 7.35. The Morgan fingerprint density at radius 1 is 1.08 bits per heavy atom. The van der Waals surface area contributed by atoms with Crippen LogP contribution in [0.5, 0.6) is 11.8 Å². The number of aldehydes is 1. The van der Waals surface area contributed by atoms with E-state index in [2.05, 4.69) is 35.5 Å². The first-order chi connectivity index (χ1) is 18.1. The molecule has 0 bridgehead atoms. The monoisotopic (exact) mass is 493 g/mol. The number of nitrogens with zero attached hydrogens (tertiary/aromatic N) is 6. The van der Waals surface area contributed by atoms with Gasteiger partial charge in [0.15, 0.2) is 0 Å². The summed E-state index contributed by atoms with van der Waals surface area (Å²) in [4.78, 5) is 30.0. The molecule has 3 aromatic heterocycles. The van der Waals surface area contributed by atoms with Crippen molar-refractivity contribution in [2.75, 3.05) is 18.8 Å². The molecule has 6 rings (SSSR count). The number of fused-ring (bicyclic) bond motifs is 1. The first-order valence-electron chi connectivity index (χ1n) is 12.3. The molecule has 0 atom stereocenters. The summed E-state index contributed by atoms with van der Waals surface area (Å²) in [5.41, 5.74) is 11.9. The maximum absolute atomic E-state index is 10.6. The Morgan fingerprint density at radius 3 is 2.57 bits per heavy atom. The van der Waals surface area contributed by atoms with Gasteiger partial charge in [0, 0.05) is 49.7 Å². The number of anilines is 1. The quantitative estimate of drug-likeness (QED) is 0.311. The molecule has 1 fully saturated rings. The number of aromatic nitrogens is 5. The Morgan fingerprint density at radius 2 is 1.86 bits per heavy atom. The lowest BCUT2D eigenvalue weighted by Crippen LogP contribution is -2.54. The Kier molecular flexibility index (Phi) is 5.67. The van der Waals surface area contributed by atoms with Crippen LogP contribution in [0.4, 0.5) is 5.82 Å². The number of benzene rings is 1. The number of nitrogen functional groups attached to an aromatic ring is 1. The molecule has 0 unspecified atom stereocenters. The highest BCUT2D eigenvalue weighted by molar-refractivity contribution is 6.06. The van der Waals surface area contributed by atoms with E-state index in [-0.39, 0.29) is 5.41 Å². The van der Waals surface area contributed by atoms with Crippen molar-refractivity contribution in [3.05, 3.63) is 73.1 Å². The van der Waals surface area contributed by atoms with Crippen molar-refractivity contribution in [3.63, 3.8) is 0 Å². The van der Waals surface area contributed by atoms with Crippen molar-refractivity contribution in [1.82, 2.24) is 29.4 Å². The van der Waals surface area contributed by atoms with E-state index in [9.17, 15) is 4.79 Å². The van der Waals surface area contributed by atoms with Crippen molar-refractivity contribution >= 4 is 28.7 Å². The minimum atomic E-state index is 0.277. The smallest absolute Gasteiger partial charge is 0.321 e. The highest BCUT2D eigenvalue weighted by atomic mass is 16.5. The molecule has 1 saturated heterocycles. The maximum Gasteiger partial charge on any atom is 0.321 e. The van der Waals surface area contributed by atoms with Crippen molar-refractivity contribution in [3.8, 4) is 22.9 Å². The van der Waals surface area contributed by atoms with Gasteiger partial charge in [-0.3, -0.25) is 4.79 Å². The molecular formula is C28H27N7O2. The van der Waals surface area contributed by atoms with E-state index in [0.717, 1.165) is 66.5 Å². The van der Waals surface area contributed by atoms with E-state index in [1.54, 1.807) is 24.5 Å². The summed E-state index contributed by atoms with van der Waals surface area (Å²) in [6, 6.07) is 9.92. The highest BCUT2D eigenvalue weighted by Crippen LogP contribution is 2.48. The number of carbonyl (C=O) groups excluding carboxylic acids is 1. The fraction of sp³-hybridized carbons (Fsp3) is 0.250. The summed E-state index contributed by atoms with van der Waals surface area (Å²) in [7, 11) is 2.04. The van der Waals surface area contributed by atoms with E-state index in [1.807, 2.05) is 37.5 Å². The number of aryl methyl sites for hydroxylation is 1. The standard InChI is InChI=1S/C28H27N7O2/c1-34-24(20-8-10-28(11-9-20)16-35(17-28)14-3-15-36)22(23-25(29)32-18-33-26(23)34)19-4-6-21(7-5-19)37-27-30-12-2-13-31-27/h2-8,12-15,18H,9-11,16-17H2,1H3,(H2,29,32,33). The number of hydrogen-bond acceptors (Lipinski definition) is 8. The topological polar surface area (TPSA) is 112 Å². The molecule has 186 valence electrons. The molecule has 0 amide bonds. The molecule has 2 N–H and O–H groups in total. The highest BCUT2D eigenvalue weighted by Gasteiger charge is 2.42. The number of rotatable bonds is 6. The second kappa shape index (κ2) is 9.16. The fourth-order valence-electron chi connectivity index (χ4n) is 5.59. The summed E-state index contributed by atoms with van der Waals surface area (Å²) in [5.74, 6) is 1.11. The Balaban J connectivity index is 1.36. The lowest BCUT2D eigenvalue weighted by molar-refractivity contribution is -0.104. The van der Waals surface area contributed by atoms with E-state index in [0.29, 0.717) is 17.6 Å². The molecule has 9 nitrogen and oxygen atoms in total. The Hall–Kier alpha value is -4.53. The molecule has 0 saturated carbocycles. The van der Waals surface area contributed by atoms with Crippen LogP contribution in [0.3, 0.4) is 0 Å². The van der Waals surface area contributed by atoms with Gasteiger partial charge in [0.2, 0.25) is 0 Å². The van der Waals surface area contributed by atoms with Gasteiger partial charge in [-0.15, -0.1) is 0 Å². The summed E-state index contributed by atoms with van der Waals surface area (Å²) >= 11 is 0. The second-order valence-corrected chi connectivity index (χ2v) is 9.71. The normalized spacial score (nSPS) is 16.7. The largest absolute Gasteiger partial charge is 0.424 e. The zero-order chi connectivity index (χ0) is 25.4. The van der Waals surface area contributed by atoms with Gasteiger partial charge in [-0.2, -0.15) is 0 Å². The lowest BCUT2D eigenvalue weighted by atomic mass is 9.69. The predicted molar refractivity (Wildman–Crippen MR) is 142 cm³/mol. The van der Waals surface area contributed by atoms with Gasteiger partial charge in [0.05, 0.1) is 11.1 Å². The van der Waals surface area contributed by atoms with Crippen molar-refractivity contribution in [2.24, 2.45) is 12.5 Å². The van der Waals surface area contributed by atoms with Crippen LogP contribution >= 0.6 is 0 Å². The molecule has 0 radical (unpaired) electrons. The maximum atomic E-state index is 10.6. The Labute approximate surface area is 214 Å². The molecule has 9 heteroatoms. The number of likely N-dealkylation sites (tertiary alicyclic amines) is 1. The molecular weight excluding hydrogens is 466 g/mol. The molecule has 1 aliphatic carbocycles. The first kappa shape index (κ1) is 22.9. The van der Waals surface area contributed by atoms with Gasteiger partial charge in [-0.25, -0.2) is 19.9 Å². The van der Waals surface area contributed by atoms with Gasteiger partial charge < -0.3 is 19.9 Å². The van der Waals surface area contributed by atoms with Crippen molar-refractivity contribution in [2.45, 2.75) is 19.3 Å². The van der Waals surface area contributed by atoms with Crippen LogP contribution in [-0.4, -0.2) is 48.8 Å². The second-order valence-electron chi connectivity index (χ2n) is 9.71. The van der Waals surface area contributed by atoms with Crippen molar-refractivity contribution < 1.29 is 9.53 Å². The first-order valence-corrected chi connectivity index (χ1v) is 12.3. The number of ether oxygens (including phenoxy) is 1. The Bertz CT molecular complexity index is 1520. The minimum absolute atomic E-state index is 0.277. The van der Waals surface area contributed by atoms with E-state index >= 15 is 0 Å². The molecule has 2 aliphatic rings. The fourth-order valence-corrected chi connectivity index (χ4v) is 5.59. The summed E-state index contributed by atoms with van der Waals surface area (Å²) in [5, 5.41) is 0.857. The zero-order valence-corrected chi connectivity index (χ0v) is 20.5. The summed E-state index contributed by atoms with van der Waals surface area (Å²) in [6.07, 6.45) is 14.5. The van der Waals surface area contributed by atoms with Gasteiger partial charge in [-0.05, 0) is 54.7 Å². The van der Waals surface area contributed by atoms with Gasteiger partial charge in [0.25, 0.3) is 0 Å². The molecule has 4 heterocycles. The lowest BCUT2D eigenvalue weighted by Gasteiger charge is -2.51. The SMILES string of the molecule is Cn1c(C2=CCC3(CC2)CN(C=CC=O)C3)c(-c2ccc(Oc3ncccn3)cc2)c2c(N)ncnc21. The molecule has 4 aromatic rings. The van der Waals surface area contributed by atoms with Crippen molar-refractivity contribution in [1.29, 1.82) is 0 Å². The van der Waals surface area contributed by atoms with Crippen LogP contribution in [0.15, 0.2) is 67.4 Å². The average Bonchev–Trinajstić information content (AvgIpc) is 3.21. The van der Waals surface area contributed by atoms with Crippen LogP contribution in [0, 0.1) is 5.41 Å². The van der Waals surface area contributed by atoms with Crippen LogP contribution in [0.25, 0.3) is 27.7 Å². The number of nitrogens with two attached hydrogens (primary N) is 1. The van der Waals surface area contributed by atoms with E-state index in [1.165, 1.54) is 11.9 Å². The molecule has 1 spiro atoms. The van der Waals surface area contributed by atoms with Gasteiger partial charge in [0.1, 0.15) is 29.8 Å². The molecule has 1 aromatic carbocycles. The number of carbonyl (C=O) groups is 1. The summed E-state index contributed by atoms with van der Waals surface area (Å²) in [6.45, 7) is 1.96. The van der Waals surface area contributed by atoms with Gasteiger partial charge in [-0.1, -0.05) is 18.2 Å². The van der Waals surface area contributed by atoms with Gasteiger partial charge >= 0.3 is 6.01 Å². The minimum Gasteiger partial charge on any atom is -0.424 e. The average molecular weight is 494 g/mol. The predicted octanol–water partition coefficient (Wildman–Crippen LogP) is 4.38. The van der Waals surface area contributed by atoms with Crippen LogP contribution in [0.2, 0.25) is 0 Å². The van der Waals surface area contributed by atoms with Crippen LogP contribution < -0.4 is 10.5 Å². The third kappa shape index (κ3) is 4.12. The van der Waals surface area contributed by atoms with Crippen LogP contribution in [-0.2, 0) is 11.8 Å². The molecule has 1 aliphatic heterocycles. The third-order valence-electron chi connectivity index (χ3n) is 7.35. The zero-order valence-electron chi connectivity index (χ0n) is 20.5. The van der Waals surface area contributed by atoms with E-state index in [4.69, 9.17) is 10.5 Å². The van der Waals surface area contributed by atoms with Crippen LogP contribution in [0.1, 0.15) is 25.0 Å².